The van der Waals surface area contributed by atoms with Gasteiger partial charge in [-0.15, -0.1) is 0 Å². The van der Waals surface area contributed by atoms with E-state index in [-0.39, 0.29) is 28.2 Å². The van der Waals surface area contributed by atoms with E-state index in [4.69, 9.17) is 16.3 Å². The third-order valence-corrected chi connectivity index (χ3v) is 4.27. The van der Waals surface area contributed by atoms with Crippen LogP contribution in [0.15, 0.2) is 54.9 Å². The van der Waals surface area contributed by atoms with Crippen LogP contribution in [-0.2, 0) is 22.2 Å². The van der Waals surface area contributed by atoms with Crippen LogP contribution < -0.4 is 15.4 Å². The fourth-order valence-corrected chi connectivity index (χ4v) is 2.93. The summed E-state index contributed by atoms with van der Waals surface area (Å²) in [6.07, 6.45) is -3.87. The van der Waals surface area contributed by atoms with Gasteiger partial charge in [0, 0.05) is 23.7 Å². The summed E-state index contributed by atoms with van der Waals surface area (Å²) in [6, 6.07) is 10.6. The molecule has 0 fully saturated rings. The zero-order valence-corrected chi connectivity index (χ0v) is 17.3. The number of nitrogens with zero attached hydrogens (tertiary/aromatic N) is 2. The molecule has 0 saturated heterocycles. The van der Waals surface area contributed by atoms with E-state index in [9.17, 15) is 22.8 Å². The van der Waals surface area contributed by atoms with Crippen molar-refractivity contribution in [2.75, 3.05) is 10.6 Å². The largest absolute Gasteiger partial charge is 0.439 e. The first-order valence-electron chi connectivity index (χ1n) is 9.13. The van der Waals surface area contributed by atoms with Crippen LogP contribution in [0, 0.1) is 0 Å². The number of carbonyl (C=O) groups is 2. The van der Waals surface area contributed by atoms with Gasteiger partial charge in [0.2, 0.25) is 17.7 Å². The highest BCUT2D eigenvalue weighted by atomic mass is 35.5. The van der Waals surface area contributed by atoms with Crippen molar-refractivity contribution < 1.29 is 27.5 Å². The van der Waals surface area contributed by atoms with Crippen LogP contribution in [0.1, 0.15) is 18.1 Å². The van der Waals surface area contributed by atoms with Crippen molar-refractivity contribution >= 4 is 34.9 Å². The number of hydrogen-bond donors (Lipinski definition) is 2. The van der Waals surface area contributed by atoms with Gasteiger partial charge in [-0.05, 0) is 48.0 Å². The summed E-state index contributed by atoms with van der Waals surface area (Å²) in [5.41, 5.74) is -0.773. The number of benzene rings is 2. The van der Waals surface area contributed by atoms with Gasteiger partial charge in [-0.25, -0.2) is 9.97 Å². The molecule has 7 nitrogen and oxygen atoms in total. The lowest BCUT2D eigenvalue weighted by atomic mass is 10.0. The Kier molecular flexibility index (Phi) is 6.94. The molecule has 1 heterocycles. The van der Waals surface area contributed by atoms with Crippen LogP contribution in [-0.4, -0.2) is 21.8 Å². The van der Waals surface area contributed by atoms with E-state index in [1.54, 1.807) is 0 Å². The SMILES string of the molecule is CC(=O)Nc1cc(Oc2ccc(NC(=O)Cc3cc(Cl)ccc3C(F)(F)F)cc2)ncn1. The van der Waals surface area contributed by atoms with E-state index in [0.717, 1.165) is 18.2 Å². The third-order valence-electron chi connectivity index (χ3n) is 4.03. The van der Waals surface area contributed by atoms with E-state index >= 15 is 0 Å². The topological polar surface area (TPSA) is 93.2 Å². The molecule has 166 valence electrons. The fraction of sp³-hybridized carbons (Fsp3) is 0.143. The van der Waals surface area contributed by atoms with Gasteiger partial charge in [-0.2, -0.15) is 13.2 Å². The van der Waals surface area contributed by atoms with Gasteiger partial charge in [-0.3, -0.25) is 9.59 Å². The lowest BCUT2D eigenvalue weighted by molar-refractivity contribution is -0.138. The van der Waals surface area contributed by atoms with Crippen molar-refractivity contribution in [3.05, 3.63) is 71.0 Å². The zero-order valence-electron chi connectivity index (χ0n) is 16.5. The van der Waals surface area contributed by atoms with Crippen molar-refractivity contribution in [1.29, 1.82) is 0 Å². The summed E-state index contributed by atoms with van der Waals surface area (Å²) in [7, 11) is 0. The molecule has 0 aliphatic rings. The third kappa shape index (κ3) is 6.42. The van der Waals surface area contributed by atoms with Gasteiger partial charge in [-0.1, -0.05) is 11.6 Å². The van der Waals surface area contributed by atoms with Crippen LogP contribution in [0.25, 0.3) is 0 Å². The van der Waals surface area contributed by atoms with E-state index in [2.05, 4.69) is 20.6 Å². The van der Waals surface area contributed by atoms with E-state index in [1.807, 2.05) is 0 Å². The number of aromatic nitrogens is 2. The first-order valence-corrected chi connectivity index (χ1v) is 9.51. The molecule has 0 aliphatic heterocycles. The maximum Gasteiger partial charge on any atom is 0.416 e. The maximum absolute atomic E-state index is 13.1. The molecule has 0 bridgehead atoms. The minimum Gasteiger partial charge on any atom is -0.439 e. The van der Waals surface area contributed by atoms with Crippen LogP contribution in [0.3, 0.4) is 0 Å². The molecule has 0 saturated carbocycles. The molecule has 2 aromatic carbocycles. The van der Waals surface area contributed by atoms with Crippen molar-refractivity contribution in [1.82, 2.24) is 9.97 Å². The Morgan fingerprint density at radius 2 is 1.75 bits per heavy atom. The molecule has 0 atom stereocenters. The van der Waals surface area contributed by atoms with E-state index in [0.29, 0.717) is 11.4 Å². The van der Waals surface area contributed by atoms with E-state index in [1.165, 1.54) is 43.6 Å². The summed E-state index contributed by atoms with van der Waals surface area (Å²) < 4.78 is 45.0. The van der Waals surface area contributed by atoms with Crippen LogP contribution in [0.4, 0.5) is 24.7 Å². The number of anilines is 2. The Balaban J connectivity index is 1.65. The number of nitrogens with one attached hydrogen (secondary N) is 2. The van der Waals surface area contributed by atoms with Gasteiger partial charge >= 0.3 is 6.18 Å². The molecular formula is C21H16ClF3N4O3. The second kappa shape index (κ2) is 9.65. The Morgan fingerprint density at radius 1 is 1.03 bits per heavy atom. The minimum absolute atomic E-state index is 0.105. The van der Waals surface area contributed by atoms with Crippen molar-refractivity contribution in [2.24, 2.45) is 0 Å². The minimum atomic E-state index is -4.60. The molecule has 0 aliphatic carbocycles. The Morgan fingerprint density at radius 3 is 2.41 bits per heavy atom. The molecule has 2 N–H and O–H groups in total. The second-order valence-electron chi connectivity index (χ2n) is 6.57. The lowest BCUT2D eigenvalue weighted by Crippen LogP contribution is -2.18. The predicted molar refractivity (Wildman–Crippen MR) is 112 cm³/mol. The molecule has 2 amide bonds. The average Bonchev–Trinajstić information content (AvgIpc) is 2.68. The lowest BCUT2D eigenvalue weighted by Gasteiger charge is -2.13. The van der Waals surface area contributed by atoms with Gasteiger partial charge in [0.15, 0.2) is 0 Å². The number of rotatable bonds is 6. The number of ether oxygens (including phenoxy) is 1. The van der Waals surface area contributed by atoms with Gasteiger partial charge in [0.05, 0.1) is 12.0 Å². The van der Waals surface area contributed by atoms with Crippen molar-refractivity contribution in [3.63, 3.8) is 0 Å². The molecule has 3 rings (SSSR count). The predicted octanol–water partition coefficient (Wildman–Crippen LogP) is 5.08. The Hall–Kier alpha value is -3.66. The number of amides is 2. The van der Waals surface area contributed by atoms with Crippen LogP contribution >= 0.6 is 11.6 Å². The highest BCUT2D eigenvalue weighted by molar-refractivity contribution is 6.30. The summed E-state index contributed by atoms with van der Waals surface area (Å²) in [5, 5.41) is 5.14. The Bertz CT molecular complexity index is 1140. The molecule has 11 heteroatoms. The molecule has 1 aromatic heterocycles. The molecule has 32 heavy (non-hydrogen) atoms. The molecule has 0 unspecified atom stereocenters. The average molecular weight is 465 g/mol. The van der Waals surface area contributed by atoms with Gasteiger partial charge < -0.3 is 15.4 Å². The standard InChI is InChI=1S/C21H16ClF3N4O3/c1-12(30)28-18-10-20(27-11-26-18)32-16-5-3-15(4-6-16)29-19(31)9-13-8-14(22)2-7-17(13)21(23,24)25/h2-8,10-11H,9H2,1H3,(H,29,31)(H,26,27,28,30). The second-order valence-corrected chi connectivity index (χ2v) is 7.01. The summed E-state index contributed by atoms with van der Waals surface area (Å²) in [6.45, 7) is 1.34. The maximum atomic E-state index is 13.1. The number of hydrogen-bond acceptors (Lipinski definition) is 5. The molecule has 0 spiro atoms. The number of carbonyl (C=O) groups excluding carboxylic acids is 2. The van der Waals surface area contributed by atoms with Crippen LogP contribution in [0.5, 0.6) is 11.6 Å². The monoisotopic (exact) mass is 464 g/mol. The molecular weight excluding hydrogens is 449 g/mol. The highest BCUT2D eigenvalue weighted by Gasteiger charge is 2.33. The van der Waals surface area contributed by atoms with Gasteiger partial charge in [0.25, 0.3) is 0 Å². The summed E-state index contributed by atoms with van der Waals surface area (Å²) in [5.74, 6) is -0.103. The molecule has 3 aromatic rings. The summed E-state index contributed by atoms with van der Waals surface area (Å²) >= 11 is 5.79. The normalized spacial score (nSPS) is 11.0. The smallest absolute Gasteiger partial charge is 0.416 e. The van der Waals surface area contributed by atoms with E-state index < -0.39 is 24.1 Å². The fourth-order valence-electron chi connectivity index (χ4n) is 2.73. The summed E-state index contributed by atoms with van der Waals surface area (Å²) in [4.78, 5) is 31.2. The van der Waals surface area contributed by atoms with Gasteiger partial charge in [0.1, 0.15) is 17.9 Å². The number of alkyl halides is 3. The van der Waals surface area contributed by atoms with Crippen molar-refractivity contribution in [2.45, 2.75) is 19.5 Å². The van der Waals surface area contributed by atoms with Crippen molar-refractivity contribution in [3.8, 4) is 11.6 Å². The Labute approximate surface area is 185 Å². The zero-order chi connectivity index (χ0) is 23.3. The highest BCUT2D eigenvalue weighted by Crippen LogP contribution is 2.33. The first kappa shape index (κ1) is 23.0. The quantitative estimate of drug-likeness (QED) is 0.530. The number of halogens is 4. The van der Waals surface area contributed by atoms with Crippen LogP contribution in [0.2, 0.25) is 5.02 Å². The molecule has 0 radical (unpaired) electrons. The first-order chi connectivity index (χ1) is 15.1.